The van der Waals surface area contributed by atoms with Crippen molar-refractivity contribution >= 4 is 6.03 Å². The molecule has 2 amide bonds. The largest absolute Gasteiger partial charge is 0.379 e. The zero-order valence-corrected chi connectivity index (χ0v) is 14.2. The van der Waals surface area contributed by atoms with E-state index in [0.717, 1.165) is 29.3 Å². The van der Waals surface area contributed by atoms with Crippen LogP contribution >= 0.6 is 0 Å². The Balaban J connectivity index is 1.33. The predicted octanol–water partition coefficient (Wildman–Crippen LogP) is 2.97. The molecular weight excluding hydrogens is 314 g/mol. The molecule has 1 saturated carbocycles. The van der Waals surface area contributed by atoms with E-state index in [2.05, 4.69) is 15.6 Å². The quantitative estimate of drug-likeness (QED) is 0.882. The van der Waals surface area contributed by atoms with Crippen molar-refractivity contribution in [2.45, 2.75) is 25.4 Å². The van der Waals surface area contributed by atoms with Gasteiger partial charge in [-0.05, 0) is 36.5 Å². The van der Waals surface area contributed by atoms with Gasteiger partial charge in [0, 0.05) is 24.2 Å². The van der Waals surface area contributed by atoms with Crippen LogP contribution in [0.3, 0.4) is 0 Å². The van der Waals surface area contributed by atoms with Crippen molar-refractivity contribution < 1.29 is 9.53 Å². The number of rotatable bonds is 5. The van der Waals surface area contributed by atoms with Crippen molar-refractivity contribution in [3.63, 3.8) is 0 Å². The van der Waals surface area contributed by atoms with Crippen LogP contribution in [0.2, 0.25) is 0 Å². The number of amides is 2. The Bertz CT molecular complexity index is 731. The predicted molar refractivity (Wildman–Crippen MR) is 95.9 cm³/mol. The minimum atomic E-state index is -0.126. The van der Waals surface area contributed by atoms with Gasteiger partial charge >= 0.3 is 6.03 Å². The second kappa shape index (κ2) is 7.23. The lowest BCUT2D eigenvalue weighted by Gasteiger charge is -2.19. The number of aromatic nitrogens is 1. The number of nitrogens with zero attached hydrogens (tertiary/aromatic N) is 1. The number of pyridine rings is 1. The van der Waals surface area contributed by atoms with E-state index in [0.29, 0.717) is 19.1 Å². The smallest absolute Gasteiger partial charge is 0.315 e. The molecule has 0 spiro atoms. The van der Waals surface area contributed by atoms with Crippen LogP contribution in [0.1, 0.15) is 18.4 Å². The van der Waals surface area contributed by atoms with Crippen molar-refractivity contribution in [3.8, 4) is 11.3 Å². The van der Waals surface area contributed by atoms with Crippen molar-refractivity contribution in [2.24, 2.45) is 11.8 Å². The van der Waals surface area contributed by atoms with E-state index in [-0.39, 0.29) is 12.1 Å². The minimum Gasteiger partial charge on any atom is -0.379 e. The average Bonchev–Trinajstić information content (AvgIpc) is 3.40. The third-order valence-corrected chi connectivity index (χ3v) is 5.02. The fraction of sp³-hybridized carbons (Fsp3) is 0.400. The summed E-state index contributed by atoms with van der Waals surface area (Å²) < 4.78 is 5.55. The molecule has 1 aromatic carbocycles. The zero-order valence-electron chi connectivity index (χ0n) is 14.2. The molecule has 1 saturated heterocycles. The van der Waals surface area contributed by atoms with Crippen molar-refractivity contribution in [2.75, 3.05) is 13.2 Å². The topological polar surface area (TPSA) is 63.2 Å². The molecule has 5 nitrogen and oxygen atoms in total. The van der Waals surface area contributed by atoms with E-state index in [1.54, 1.807) is 6.20 Å². The molecule has 5 heteroatoms. The summed E-state index contributed by atoms with van der Waals surface area (Å²) >= 11 is 0. The first-order valence-corrected chi connectivity index (χ1v) is 8.92. The molecule has 130 valence electrons. The molecule has 4 rings (SSSR count). The summed E-state index contributed by atoms with van der Waals surface area (Å²) in [5.74, 6) is 1.22. The van der Waals surface area contributed by atoms with Crippen LogP contribution in [0.5, 0.6) is 0 Å². The zero-order chi connectivity index (χ0) is 17.1. The normalized spacial score (nSPS) is 22.6. The summed E-state index contributed by atoms with van der Waals surface area (Å²) in [5, 5.41) is 6.03. The van der Waals surface area contributed by atoms with E-state index in [1.807, 2.05) is 42.5 Å². The Labute approximate surface area is 147 Å². The third-order valence-electron chi connectivity index (χ3n) is 5.02. The Morgan fingerprint density at radius 1 is 1.16 bits per heavy atom. The lowest BCUT2D eigenvalue weighted by molar-refractivity contribution is 0.179. The molecule has 2 N–H and O–H groups in total. The fourth-order valence-electron chi connectivity index (χ4n) is 3.46. The lowest BCUT2D eigenvalue weighted by Crippen LogP contribution is -2.45. The Morgan fingerprint density at radius 2 is 2.00 bits per heavy atom. The van der Waals surface area contributed by atoms with Gasteiger partial charge in [-0.15, -0.1) is 0 Å². The molecule has 1 aliphatic heterocycles. The Hall–Kier alpha value is -2.40. The van der Waals surface area contributed by atoms with Crippen molar-refractivity contribution in [1.29, 1.82) is 0 Å². The Kier molecular flexibility index (Phi) is 4.65. The summed E-state index contributed by atoms with van der Waals surface area (Å²) in [6, 6.07) is 14.0. The van der Waals surface area contributed by atoms with Gasteiger partial charge < -0.3 is 15.4 Å². The van der Waals surface area contributed by atoms with E-state index < -0.39 is 0 Å². The van der Waals surface area contributed by atoms with Crippen LogP contribution < -0.4 is 10.6 Å². The van der Waals surface area contributed by atoms with Crippen LogP contribution in [0.15, 0.2) is 48.7 Å². The highest BCUT2D eigenvalue weighted by Crippen LogP contribution is 2.40. The highest BCUT2D eigenvalue weighted by Gasteiger charge is 2.40. The van der Waals surface area contributed by atoms with Crippen LogP contribution in [-0.2, 0) is 11.3 Å². The SMILES string of the molecule is O=C(NCc1ccnc(-c2ccccc2)c1)NC1COCC1C1CC1. The highest BCUT2D eigenvalue weighted by atomic mass is 16.5. The Morgan fingerprint density at radius 3 is 2.80 bits per heavy atom. The number of carbonyl (C=O) groups excluding carboxylic acids is 1. The molecular formula is C20H23N3O2. The minimum absolute atomic E-state index is 0.126. The van der Waals surface area contributed by atoms with Crippen molar-refractivity contribution in [3.05, 3.63) is 54.2 Å². The van der Waals surface area contributed by atoms with Crippen molar-refractivity contribution in [1.82, 2.24) is 15.6 Å². The molecule has 2 fully saturated rings. The first-order chi connectivity index (χ1) is 12.3. The number of hydrogen-bond donors (Lipinski definition) is 2. The monoisotopic (exact) mass is 337 g/mol. The number of nitrogens with one attached hydrogen (secondary N) is 2. The van der Waals surface area contributed by atoms with Crippen LogP contribution in [-0.4, -0.2) is 30.3 Å². The number of ether oxygens (including phenoxy) is 1. The average molecular weight is 337 g/mol. The lowest BCUT2D eigenvalue weighted by atomic mass is 9.98. The van der Waals surface area contributed by atoms with Gasteiger partial charge in [0.1, 0.15) is 0 Å². The van der Waals surface area contributed by atoms with Gasteiger partial charge in [0.15, 0.2) is 0 Å². The highest BCUT2D eigenvalue weighted by molar-refractivity contribution is 5.74. The summed E-state index contributed by atoms with van der Waals surface area (Å²) in [7, 11) is 0. The molecule has 2 unspecified atom stereocenters. The van der Waals surface area contributed by atoms with Gasteiger partial charge in [0.05, 0.1) is 24.9 Å². The molecule has 2 heterocycles. The summed E-state index contributed by atoms with van der Waals surface area (Å²) in [5.41, 5.74) is 3.02. The first-order valence-electron chi connectivity index (χ1n) is 8.92. The second-order valence-corrected chi connectivity index (χ2v) is 6.89. The first kappa shape index (κ1) is 16.1. The number of hydrogen-bond acceptors (Lipinski definition) is 3. The van der Waals surface area contributed by atoms with E-state index in [9.17, 15) is 4.79 Å². The van der Waals surface area contributed by atoms with E-state index in [1.165, 1.54) is 12.8 Å². The van der Waals surface area contributed by atoms with Crippen LogP contribution in [0, 0.1) is 11.8 Å². The molecule has 0 radical (unpaired) electrons. The van der Waals surface area contributed by atoms with E-state index in [4.69, 9.17) is 4.74 Å². The van der Waals surface area contributed by atoms with Crippen LogP contribution in [0.25, 0.3) is 11.3 Å². The molecule has 0 bridgehead atoms. The van der Waals surface area contributed by atoms with Gasteiger partial charge in [-0.3, -0.25) is 4.98 Å². The molecule has 1 aromatic heterocycles. The van der Waals surface area contributed by atoms with Crippen LogP contribution in [0.4, 0.5) is 4.79 Å². The molecule has 2 atom stereocenters. The van der Waals surface area contributed by atoms with Gasteiger partial charge in [-0.1, -0.05) is 30.3 Å². The maximum absolute atomic E-state index is 12.2. The molecule has 2 aromatic rings. The number of benzene rings is 1. The summed E-state index contributed by atoms with van der Waals surface area (Å²) in [6.07, 6.45) is 4.32. The fourth-order valence-corrected chi connectivity index (χ4v) is 3.46. The number of urea groups is 1. The van der Waals surface area contributed by atoms with Gasteiger partial charge in [0.25, 0.3) is 0 Å². The van der Waals surface area contributed by atoms with Gasteiger partial charge in [-0.25, -0.2) is 4.79 Å². The maximum atomic E-state index is 12.2. The molecule has 25 heavy (non-hydrogen) atoms. The molecule has 2 aliphatic rings. The van der Waals surface area contributed by atoms with E-state index >= 15 is 0 Å². The third kappa shape index (κ3) is 3.99. The number of carbonyl (C=O) groups is 1. The maximum Gasteiger partial charge on any atom is 0.315 e. The molecule has 1 aliphatic carbocycles. The summed E-state index contributed by atoms with van der Waals surface area (Å²) in [6.45, 7) is 1.89. The summed E-state index contributed by atoms with van der Waals surface area (Å²) in [4.78, 5) is 16.6. The van der Waals surface area contributed by atoms with Gasteiger partial charge in [0.2, 0.25) is 0 Å². The van der Waals surface area contributed by atoms with Gasteiger partial charge in [-0.2, -0.15) is 0 Å². The second-order valence-electron chi connectivity index (χ2n) is 6.89. The standard InChI is InChI=1S/C20H23N3O2/c24-20(23-19-13-25-12-17(19)15-6-7-15)22-11-14-8-9-21-18(10-14)16-4-2-1-3-5-16/h1-5,8-10,15,17,19H,6-7,11-13H2,(H2,22,23,24).